The maximum atomic E-state index is 11.4. The van der Waals surface area contributed by atoms with Crippen molar-refractivity contribution < 1.29 is 19.4 Å². The predicted molar refractivity (Wildman–Crippen MR) is 79.4 cm³/mol. The van der Waals surface area contributed by atoms with E-state index in [1.54, 1.807) is 32.2 Å². The number of rotatable bonds is 4. The zero-order valence-electron chi connectivity index (χ0n) is 12.0. The summed E-state index contributed by atoms with van der Waals surface area (Å²) < 4.78 is 6.47. The molecule has 0 aliphatic carbocycles. The fourth-order valence-corrected chi connectivity index (χ4v) is 2.36. The summed E-state index contributed by atoms with van der Waals surface area (Å²) in [4.78, 5) is 22.6. The fourth-order valence-electron chi connectivity index (χ4n) is 2.36. The van der Waals surface area contributed by atoms with Gasteiger partial charge in [-0.1, -0.05) is 24.8 Å². The van der Waals surface area contributed by atoms with Gasteiger partial charge in [-0.3, -0.25) is 4.57 Å². The molecule has 0 amide bonds. The van der Waals surface area contributed by atoms with E-state index in [2.05, 4.69) is 6.58 Å². The lowest BCUT2D eigenvalue weighted by atomic mass is 9.98. The molecule has 5 heteroatoms. The average Bonchev–Trinajstić information content (AvgIpc) is 2.77. The normalized spacial score (nSPS) is 11.3. The Morgan fingerprint density at radius 1 is 1.38 bits per heavy atom. The molecular weight excluding hydrogens is 270 g/mol. The van der Waals surface area contributed by atoms with Crippen LogP contribution in [0.25, 0.3) is 10.9 Å². The van der Waals surface area contributed by atoms with E-state index >= 15 is 0 Å². The molecule has 2 aromatic rings. The second kappa shape index (κ2) is 5.44. The molecule has 0 atom stereocenters. The highest BCUT2D eigenvalue weighted by atomic mass is 16.6. The van der Waals surface area contributed by atoms with Crippen LogP contribution >= 0.6 is 0 Å². The largest absolute Gasteiger partial charge is 0.464 e. The van der Waals surface area contributed by atoms with E-state index in [9.17, 15) is 14.7 Å². The average molecular weight is 287 g/mol. The van der Waals surface area contributed by atoms with E-state index in [4.69, 9.17) is 4.74 Å². The summed E-state index contributed by atoms with van der Waals surface area (Å²) >= 11 is 0. The zero-order chi connectivity index (χ0) is 15.6. The summed E-state index contributed by atoms with van der Waals surface area (Å²) in [6.45, 7) is 6.93. The van der Waals surface area contributed by atoms with Crippen molar-refractivity contribution in [2.75, 3.05) is 0 Å². The number of carboxylic acid groups (broad SMARTS) is 1. The van der Waals surface area contributed by atoms with Crippen LogP contribution in [0.3, 0.4) is 0 Å². The second-order valence-electron chi connectivity index (χ2n) is 5.39. The van der Waals surface area contributed by atoms with Crippen LogP contribution in [0.1, 0.15) is 19.4 Å². The summed E-state index contributed by atoms with van der Waals surface area (Å²) in [5, 5.41) is 10.1. The van der Waals surface area contributed by atoms with Gasteiger partial charge in [0, 0.05) is 24.1 Å². The molecule has 0 bridgehead atoms. The Morgan fingerprint density at radius 2 is 2.05 bits per heavy atom. The van der Waals surface area contributed by atoms with Crippen LogP contribution in [-0.4, -0.2) is 27.3 Å². The van der Waals surface area contributed by atoms with Crippen molar-refractivity contribution in [2.45, 2.75) is 25.9 Å². The Balaban J connectivity index is 2.41. The highest BCUT2D eigenvalue weighted by Gasteiger charge is 2.25. The third kappa shape index (κ3) is 3.13. The van der Waals surface area contributed by atoms with Crippen molar-refractivity contribution in [1.82, 2.24) is 4.57 Å². The second-order valence-corrected chi connectivity index (χ2v) is 5.39. The number of ether oxygens (including phenoxy) is 1. The molecule has 0 radical (unpaired) electrons. The van der Waals surface area contributed by atoms with Crippen molar-refractivity contribution in [1.29, 1.82) is 0 Å². The number of carbonyl (C=O) groups is 2. The van der Waals surface area contributed by atoms with Gasteiger partial charge in [-0.15, -0.1) is 0 Å². The SMILES string of the molecule is C=CC(=O)OC(C)(C)Cc1cn(C(=O)O)c2ccccc12. The quantitative estimate of drug-likeness (QED) is 0.692. The van der Waals surface area contributed by atoms with Crippen LogP contribution in [-0.2, 0) is 16.0 Å². The summed E-state index contributed by atoms with van der Waals surface area (Å²) in [5.74, 6) is -0.498. The predicted octanol–water partition coefficient (Wildman–Crippen LogP) is 3.22. The Labute approximate surface area is 122 Å². The molecule has 0 unspecified atom stereocenters. The van der Waals surface area contributed by atoms with Crippen molar-refractivity contribution in [3.05, 3.63) is 48.7 Å². The maximum absolute atomic E-state index is 11.4. The highest BCUT2D eigenvalue weighted by molar-refractivity contribution is 5.91. The van der Waals surface area contributed by atoms with Crippen LogP contribution in [0.4, 0.5) is 4.79 Å². The molecule has 2 rings (SSSR count). The summed E-state index contributed by atoms with van der Waals surface area (Å²) in [7, 11) is 0. The lowest BCUT2D eigenvalue weighted by molar-refractivity contribution is -0.149. The first-order valence-electron chi connectivity index (χ1n) is 6.52. The summed E-state index contributed by atoms with van der Waals surface area (Å²) in [5.41, 5.74) is 0.680. The van der Waals surface area contributed by atoms with Crippen molar-refractivity contribution in [3.8, 4) is 0 Å². The Bertz CT molecular complexity index is 712. The minimum atomic E-state index is -1.04. The molecule has 0 aliphatic heterocycles. The van der Waals surface area contributed by atoms with E-state index in [-0.39, 0.29) is 0 Å². The molecule has 1 N–H and O–H groups in total. The van der Waals surface area contributed by atoms with Gasteiger partial charge in [0.25, 0.3) is 0 Å². The number of carbonyl (C=O) groups excluding carboxylic acids is 1. The summed E-state index contributed by atoms with van der Waals surface area (Å²) in [6, 6.07) is 7.24. The van der Waals surface area contributed by atoms with E-state index in [0.717, 1.165) is 17.0 Å². The van der Waals surface area contributed by atoms with Crippen LogP contribution in [0, 0.1) is 0 Å². The van der Waals surface area contributed by atoms with E-state index < -0.39 is 17.7 Å². The lowest BCUT2D eigenvalue weighted by Gasteiger charge is -2.24. The van der Waals surface area contributed by atoms with Gasteiger partial charge in [0.1, 0.15) is 5.60 Å². The highest BCUT2D eigenvalue weighted by Crippen LogP contribution is 2.26. The van der Waals surface area contributed by atoms with Gasteiger partial charge in [-0.05, 0) is 25.5 Å². The first kappa shape index (κ1) is 14.8. The van der Waals surface area contributed by atoms with Crippen LogP contribution in [0.5, 0.6) is 0 Å². The van der Waals surface area contributed by atoms with Crippen LogP contribution in [0.2, 0.25) is 0 Å². The van der Waals surface area contributed by atoms with E-state index in [0.29, 0.717) is 11.9 Å². The van der Waals surface area contributed by atoms with Gasteiger partial charge in [-0.25, -0.2) is 9.59 Å². The Hall–Kier alpha value is -2.56. The van der Waals surface area contributed by atoms with Crippen LogP contribution in [0.15, 0.2) is 43.1 Å². The van der Waals surface area contributed by atoms with Gasteiger partial charge in [-0.2, -0.15) is 0 Å². The molecular formula is C16H17NO4. The lowest BCUT2D eigenvalue weighted by Crippen LogP contribution is -2.29. The van der Waals surface area contributed by atoms with E-state index in [1.807, 2.05) is 12.1 Å². The Morgan fingerprint density at radius 3 is 2.67 bits per heavy atom. The molecule has 5 nitrogen and oxygen atoms in total. The Kier molecular flexibility index (Phi) is 3.84. The van der Waals surface area contributed by atoms with Gasteiger partial charge in [0.2, 0.25) is 0 Å². The van der Waals surface area contributed by atoms with Crippen molar-refractivity contribution in [3.63, 3.8) is 0 Å². The zero-order valence-corrected chi connectivity index (χ0v) is 12.0. The fraction of sp³-hybridized carbons (Fsp3) is 0.250. The molecule has 0 aliphatic rings. The smallest absolute Gasteiger partial charge is 0.416 e. The molecule has 0 spiro atoms. The number of fused-ring (bicyclic) bond motifs is 1. The molecule has 21 heavy (non-hydrogen) atoms. The molecule has 0 saturated heterocycles. The molecule has 110 valence electrons. The molecule has 0 saturated carbocycles. The number of esters is 1. The minimum Gasteiger partial charge on any atom is -0.464 e. The molecule has 1 heterocycles. The van der Waals surface area contributed by atoms with Crippen molar-refractivity contribution in [2.24, 2.45) is 0 Å². The van der Waals surface area contributed by atoms with Gasteiger partial charge >= 0.3 is 12.1 Å². The third-order valence-electron chi connectivity index (χ3n) is 3.16. The monoisotopic (exact) mass is 287 g/mol. The van der Waals surface area contributed by atoms with Crippen LogP contribution < -0.4 is 0 Å². The van der Waals surface area contributed by atoms with Crippen molar-refractivity contribution >= 4 is 23.0 Å². The number of hydrogen-bond donors (Lipinski definition) is 1. The maximum Gasteiger partial charge on any atom is 0.416 e. The van der Waals surface area contributed by atoms with E-state index in [1.165, 1.54) is 4.57 Å². The topological polar surface area (TPSA) is 68.5 Å². The first-order chi connectivity index (χ1) is 9.84. The summed E-state index contributed by atoms with van der Waals surface area (Å²) in [6.07, 6.45) is 2.05. The third-order valence-corrected chi connectivity index (χ3v) is 3.16. The number of nitrogens with zero attached hydrogens (tertiary/aromatic N) is 1. The first-order valence-corrected chi connectivity index (χ1v) is 6.52. The van der Waals surface area contributed by atoms with Gasteiger partial charge in [0.05, 0.1) is 5.52 Å². The number of para-hydroxylation sites is 1. The number of hydrogen-bond acceptors (Lipinski definition) is 3. The molecule has 0 fully saturated rings. The number of aromatic nitrogens is 1. The van der Waals surface area contributed by atoms with Gasteiger partial charge < -0.3 is 9.84 Å². The van der Waals surface area contributed by atoms with Gasteiger partial charge in [0.15, 0.2) is 0 Å². The number of benzene rings is 1. The minimum absolute atomic E-state index is 0.410. The standard InChI is InChI=1S/C16H17NO4/c1-4-14(18)21-16(2,3)9-11-10-17(15(19)20)13-8-6-5-7-12(11)13/h4-8,10H,1,9H2,2-3H3,(H,19,20). The molecule has 1 aromatic heterocycles. The molecule has 1 aromatic carbocycles.